The van der Waals surface area contributed by atoms with E-state index in [0.717, 1.165) is 27.8 Å². The van der Waals surface area contributed by atoms with E-state index in [1.807, 2.05) is 23.6 Å². The minimum atomic E-state index is 0.232. The highest BCUT2D eigenvalue weighted by molar-refractivity contribution is 7.17. The van der Waals surface area contributed by atoms with Crippen LogP contribution in [-0.2, 0) is 0 Å². The first kappa shape index (κ1) is 11.3. The van der Waals surface area contributed by atoms with Crippen molar-refractivity contribution in [3.63, 3.8) is 0 Å². The zero-order valence-corrected chi connectivity index (χ0v) is 10.7. The van der Waals surface area contributed by atoms with Crippen molar-refractivity contribution in [2.24, 2.45) is 0 Å². The molecule has 0 radical (unpaired) electrons. The fourth-order valence-electron chi connectivity index (χ4n) is 1.75. The molecule has 1 aromatic carbocycles. The Bertz CT molecular complexity index is 721. The lowest BCUT2D eigenvalue weighted by Gasteiger charge is -2.03. The van der Waals surface area contributed by atoms with E-state index < -0.39 is 0 Å². The summed E-state index contributed by atoms with van der Waals surface area (Å²) in [5, 5.41) is 2.19. The molecular weight excluding hydrogens is 268 g/mol. The third-order valence-corrected chi connectivity index (χ3v) is 3.68. The van der Waals surface area contributed by atoms with Gasteiger partial charge in [-0.15, -0.1) is 11.3 Å². The number of benzene rings is 1. The lowest BCUT2D eigenvalue weighted by molar-refractivity contribution is 0.112. The molecule has 3 aromatic rings. The summed E-state index contributed by atoms with van der Waals surface area (Å²) in [5.74, 6) is 0. The van der Waals surface area contributed by atoms with Crippen LogP contribution in [0.5, 0.6) is 0 Å². The van der Waals surface area contributed by atoms with Crippen LogP contribution in [0.15, 0.2) is 35.7 Å². The summed E-state index contributed by atoms with van der Waals surface area (Å²) < 4.78 is 0.998. The van der Waals surface area contributed by atoms with Gasteiger partial charge in [-0.1, -0.05) is 24.3 Å². The van der Waals surface area contributed by atoms with Crippen molar-refractivity contribution in [1.29, 1.82) is 0 Å². The van der Waals surface area contributed by atoms with Gasteiger partial charge in [0.1, 0.15) is 6.29 Å². The van der Waals surface area contributed by atoms with Gasteiger partial charge >= 0.3 is 0 Å². The monoisotopic (exact) mass is 274 g/mol. The van der Waals surface area contributed by atoms with E-state index in [1.165, 1.54) is 0 Å². The average Bonchev–Trinajstić information content (AvgIpc) is 2.86. The molecule has 0 bridgehead atoms. The van der Waals surface area contributed by atoms with E-state index in [-0.39, 0.29) is 5.28 Å². The number of halogens is 1. The fourth-order valence-corrected chi connectivity index (χ4v) is 2.77. The minimum absolute atomic E-state index is 0.232. The van der Waals surface area contributed by atoms with E-state index in [0.29, 0.717) is 5.56 Å². The molecule has 0 aliphatic carbocycles. The molecular formula is C13H7ClN2OS. The molecule has 2 aromatic heterocycles. The molecule has 2 heterocycles. The van der Waals surface area contributed by atoms with E-state index in [2.05, 4.69) is 9.97 Å². The highest BCUT2D eigenvalue weighted by atomic mass is 35.5. The number of thiophene rings is 1. The largest absolute Gasteiger partial charge is 0.298 e. The van der Waals surface area contributed by atoms with Gasteiger partial charge in [-0.3, -0.25) is 4.79 Å². The maximum absolute atomic E-state index is 10.6. The molecule has 3 nitrogen and oxygen atoms in total. The van der Waals surface area contributed by atoms with Gasteiger partial charge in [0, 0.05) is 11.1 Å². The van der Waals surface area contributed by atoms with Crippen molar-refractivity contribution in [2.45, 2.75) is 0 Å². The van der Waals surface area contributed by atoms with Gasteiger partial charge in [0.25, 0.3) is 0 Å². The molecule has 18 heavy (non-hydrogen) atoms. The van der Waals surface area contributed by atoms with Crippen molar-refractivity contribution in [3.05, 3.63) is 46.6 Å². The first-order valence-corrected chi connectivity index (χ1v) is 6.50. The molecule has 0 spiro atoms. The second-order valence-corrected chi connectivity index (χ2v) is 4.97. The van der Waals surface area contributed by atoms with Crippen LogP contribution < -0.4 is 0 Å². The van der Waals surface area contributed by atoms with Crippen LogP contribution in [0, 0.1) is 0 Å². The Morgan fingerprint density at radius 2 is 1.89 bits per heavy atom. The van der Waals surface area contributed by atoms with Gasteiger partial charge in [0.2, 0.25) is 5.28 Å². The number of hydrogen-bond acceptors (Lipinski definition) is 4. The van der Waals surface area contributed by atoms with Gasteiger partial charge in [-0.05, 0) is 23.0 Å². The molecule has 0 amide bonds. The summed E-state index contributed by atoms with van der Waals surface area (Å²) in [6, 6.07) is 9.16. The molecule has 0 aliphatic rings. The topological polar surface area (TPSA) is 42.9 Å². The van der Waals surface area contributed by atoms with Gasteiger partial charge in [0.15, 0.2) is 0 Å². The highest BCUT2D eigenvalue weighted by Crippen LogP contribution is 2.31. The first-order valence-electron chi connectivity index (χ1n) is 5.24. The Morgan fingerprint density at radius 1 is 1.11 bits per heavy atom. The number of hydrogen-bond donors (Lipinski definition) is 0. The average molecular weight is 275 g/mol. The third kappa shape index (κ3) is 1.89. The molecule has 0 atom stereocenters. The Morgan fingerprint density at radius 3 is 2.61 bits per heavy atom. The Hall–Kier alpha value is -1.78. The van der Waals surface area contributed by atoms with Crippen LogP contribution in [0.25, 0.3) is 21.5 Å². The van der Waals surface area contributed by atoms with Gasteiger partial charge in [0.05, 0.1) is 15.9 Å². The van der Waals surface area contributed by atoms with Crippen LogP contribution in [0.2, 0.25) is 5.28 Å². The number of aldehydes is 1. The van der Waals surface area contributed by atoms with Crippen molar-refractivity contribution in [1.82, 2.24) is 9.97 Å². The van der Waals surface area contributed by atoms with Gasteiger partial charge < -0.3 is 0 Å². The first-order chi connectivity index (χ1) is 8.78. The van der Waals surface area contributed by atoms with Crippen molar-refractivity contribution in [3.8, 4) is 11.3 Å². The summed E-state index contributed by atoms with van der Waals surface area (Å²) in [6.45, 7) is 0. The summed E-state index contributed by atoms with van der Waals surface area (Å²) in [4.78, 5) is 19.1. The van der Waals surface area contributed by atoms with Crippen molar-refractivity contribution < 1.29 is 4.79 Å². The molecule has 5 heteroatoms. The summed E-state index contributed by atoms with van der Waals surface area (Å²) in [6.07, 6.45) is 0.817. The lowest BCUT2D eigenvalue weighted by Crippen LogP contribution is -1.89. The van der Waals surface area contributed by atoms with Crippen LogP contribution in [0.3, 0.4) is 0 Å². The zero-order valence-electron chi connectivity index (χ0n) is 9.13. The smallest absolute Gasteiger partial charge is 0.223 e. The fraction of sp³-hybridized carbons (Fsp3) is 0. The predicted octanol–water partition coefficient (Wildman–Crippen LogP) is 3.82. The number of carbonyl (C=O) groups excluding carboxylic acids is 1. The summed E-state index contributed by atoms with van der Waals surface area (Å²) in [7, 11) is 0. The van der Waals surface area contributed by atoms with E-state index in [1.54, 1.807) is 23.5 Å². The lowest BCUT2D eigenvalue weighted by atomic mass is 10.1. The SMILES string of the molecule is O=Cc1ccc(-c2nc(Cl)nc3ccsc23)cc1. The van der Waals surface area contributed by atoms with Crippen LogP contribution in [0.1, 0.15) is 10.4 Å². The quantitative estimate of drug-likeness (QED) is 0.527. The van der Waals surface area contributed by atoms with Crippen molar-refractivity contribution in [2.75, 3.05) is 0 Å². The number of rotatable bonds is 2. The standard InChI is InChI=1S/C13H7ClN2OS/c14-13-15-10-5-6-18-12(10)11(16-13)9-3-1-8(7-17)2-4-9/h1-7H. The zero-order chi connectivity index (χ0) is 12.5. The van der Waals surface area contributed by atoms with Crippen LogP contribution >= 0.6 is 22.9 Å². The molecule has 3 rings (SSSR count). The molecule has 88 valence electrons. The molecule has 0 saturated heterocycles. The Kier molecular flexibility index (Phi) is 2.81. The van der Waals surface area contributed by atoms with Crippen LogP contribution in [-0.4, -0.2) is 16.3 Å². The maximum Gasteiger partial charge on any atom is 0.223 e. The molecule has 0 fully saturated rings. The highest BCUT2D eigenvalue weighted by Gasteiger charge is 2.09. The predicted molar refractivity (Wildman–Crippen MR) is 73.2 cm³/mol. The maximum atomic E-state index is 10.6. The molecule has 0 saturated carbocycles. The van der Waals surface area contributed by atoms with E-state index >= 15 is 0 Å². The van der Waals surface area contributed by atoms with E-state index in [4.69, 9.17) is 11.6 Å². The summed E-state index contributed by atoms with van der Waals surface area (Å²) in [5.41, 5.74) is 3.21. The van der Waals surface area contributed by atoms with Gasteiger partial charge in [-0.2, -0.15) is 0 Å². The molecule has 0 unspecified atom stereocenters. The van der Waals surface area contributed by atoms with E-state index in [9.17, 15) is 4.79 Å². The van der Waals surface area contributed by atoms with Gasteiger partial charge in [-0.25, -0.2) is 9.97 Å². The Labute approximate surface area is 112 Å². The minimum Gasteiger partial charge on any atom is -0.298 e. The molecule has 0 N–H and O–H groups in total. The third-order valence-electron chi connectivity index (χ3n) is 2.60. The number of fused-ring (bicyclic) bond motifs is 1. The second kappa shape index (κ2) is 4.48. The van der Waals surface area contributed by atoms with Crippen LogP contribution in [0.4, 0.5) is 0 Å². The van der Waals surface area contributed by atoms with Crippen molar-refractivity contribution >= 4 is 39.4 Å². The number of nitrogens with zero attached hydrogens (tertiary/aromatic N) is 2. The normalized spacial score (nSPS) is 10.7. The summed E-state index contributed by atoms with van der Waals surface area (Å²) >= 11 is 7.49. The second-order valence-electron chi connectivity index (χ2n) is 3.72. The number of aromatic nitrogens is 2. The molecule has 0 aliphatic heterocycles. The number of carbonyl (C=O) groups is 1. The Balaban J connectivity index is 2.23.